The quantitative estimate of drug-likeness (QED) is 0.557. The second kappa shape index (κ2) is 5.17. The average Bonchev–Trinajstić information content (AvgIpc) is 2.30. The van der Waals surface area contributed by atoms with E-state index in [1.807, 2.05) is 0 Å². The van der Waals surface area contributed by atoms with E-state index in [1.54, 1.807) is 0 Å². The maximum atomic E-state index is 7.48. The molecule has 1 heterocycles. The molecule has 2 rings (SSSR count). The van der Waals surface area contributed by atoms with Crippen molar-refractivity contribution in [1.29, 1.82) is 5.41 Å². The zero-order chi connectivity index (χ0) is 11.5. The molecule has 3 N–H and O–H groups in total. The third kappa shape index (κ3) is 2.76. The summed E-state index contributed by atoms with van der Waals surface area (Å²) in [5.41, 5.74) is 5.57. The molecule has 0 amide bonds. The lowest BCUT2D eigenvalue weighted by Crippen LogP contribution is -2.45. The Hall–Kier alpha value is -0.570. The number of rotatable bonds is 2. The fourth-order valence-electron chi connectivity index (χ4n) is 3.18. The first-order valence-electron chi connectivity index (χ1n) is 6.74. The molecule has 2 aliphatic rings. The number of likely N-dealkylation sites (tertiary alicyclic amines) is 1. The summed E-state index contributed by atoms with van der Waals surface area (Å²) in [6.45, 7) is 4.69. The minimum absolute atomic E-state index is 0.360. The average molecular weight is 223 g/mol. The van der Waals surface area contributed by atoms with Gasteiger partial charge in [-0.2, -0.15) is 0 Å². The van der Waals surface area contributed by atoms with Gasteiger partial charge in [-0.15, -0.1) is 0 Å². The van der Waals surface area contributed by atoms with Crippen LogP contribution in [0.2, 0.25) is 0 Å². The predicted molar refractivity (Wildman–Crippen MR) is 67.6 cm³/mol. The fourth-order valence-corrected chi connectivity index (χ4v) is 3.18. The lowest BCUT2D eigenvalue weighted by molar-refractivity contribution is 0.108. The normalized spacial score (nSPS) is 33.8. The Morgan fingerprint density at radius 1 is 1.06 bits per heavy atom. The van der Waals surface area contributed by atoms with E-state index in [0.29, 0.717) is 11.8 Å². The highest BCUT2D eigenvalue weighted by Crippen LogP contribution is 2.29. The summed E-state index contributed by atoms with van der Waals surface area (Å²) in [5, 5.41) is 7.48. The van der Waals surface area contributed by atoms with Gasteiger partial charge >= 0.3 is 0 Å². The van der Waals surface area contributed by atoms with E-state index in [-0.39, 0.29) is 0 Å². The van der Waals surface area contributed by atoms with Crippen molar-refractivity contribution in [2.75, 3.05) is 13.1 Å². The van der Waals surface area contributed by atoms with E-state index in [4.69, 9.17) is 11.1 Å². The second-order valence-corrected chi connectivity index (χ2v) is 5.68. The van der Waals surface area contributed by atoms with E-state index in [2.05, 4.69) is 11.8 Å². The van der Waals surface area contributed by atoms with Crippen molar-refractivity contribution in [3.8, 4) is 0 Å². The molecule has 0 radical (unpaired) electrons. The number of nitrogens with one attached hydrogen (secondary N) is 1. The Morgan fingerprint density at radius 2 is 1.62 bits per heavy atom. The van der Waals surface area contributed by atoms with E-state index in [9.17, 15) is 0 Å². The van der Waals surface area contributed by atoms with Crippen LogP contribution in [0.3, 0.4) is 0 Å². The fraction of sp³-hybridized carbons (Fsp3) is 0.923. The van der Waals surface area contributed by atoms with Crippen LogP contribution in [-0.2, 0) is 0 Å². The van der Waals surface area contributed by atoms with E-state index >= 15 is 0 Å². The number of piperidine rings is 1. The molecule has 3 nitrogen and oxygen atoms in total. The molecule has 2 fully saturated rings. The summed E-state index contributed by atoms with van der Waals surface area (Å²) in [7, 11) is 0. The lowest BCUT2D eigenvalue weighted by Gasteiger charge is -2.40. The predicted octanol–water partition coefficient (Wildman–Crippen LogP) is 2.21. The van der Waals surface area contributed by atoms with E-state index < -0.39 is 0 Å². The van der Waals surface area contributed by atoms with Gasteiger partial charge in [0.1, 0.15) is 0 Å². The maximum absolute atomic E-state index is 7.48. The van der Waals surface area contributed by atoms with Crippen LogP contribution in [0.25, 0.3) is 0 Å². The van der Waals surface area contributed by atoms with Crippen LogP contribution in [-0.4, -0.2) is 29.9 Å². The first-order valence-corrected chi connectivity index (χ1v) is 6.74. The van der Waals surface area contributed by atoms with Crippen LogP contribution in [0.15, 0.2) is 0 Å². The van der Waals surface area contributed by atoms with Crippen molar-refractivity contribution >= 4 is 5.84 Å². The first-order chi connectivity index (χ1) is 7.66. The number of nitrogens with two attached hydrogens (primary N) is 1. The number of nitrogens with zero attached hydrogens (tertiary/aromatic N) is 1. The van der Waals surface area contributed by atoms with Gasteiger partial charge in [0.15, 0.2) is 0 Å². The summed E-state index contributed by atoms with van der Waals surface area (Å²) >= 11 is 0. The molecule has 16 heavy (non-hydrogen) atoms. The Balaban J connectivity index is 1.78. The van der Waals surface area contributed by atoms with Crippen LogP contribution in [0.5, 0.6) is 0 Å². The van der Waals surface area contributed by atoms with Crippen LogP contribution >= 0.6 is 0 Å². The number of hydrogen-bond acceptors (Lipinski definition) is 2. The van der Waals surface area contributed by atoms with E-state index in [1.165, 1.54) is 25.7 Å². The summed E-state index contributed by atoms with van der Waals surface area (Å²) in [4.78, 5) is 2.64. The molecule has 1 aliphatic heterocycles. The molecule has 0 bridgehead atoms. The first kappa shape index (κ1) is 11.9. The summed E-state index contributed by atoms with van der Waals surface area (Å²) < 4.78 is 0. The van der Waals surface area contributed by atoms with Crippen LogP contribution < -0.4 is 5.73 Å². The molecular weight excluding hydrogens is 198 g/mol. The Morgan fingerprint density at radius 3 is 2.12 bits per heavy atom. The molecule has 0 atom stereocenters. The number of hydrogen-bond donors (Lipinski definition) is 2. The standard InChI is InChI=1S/C13H25N3/c1-10-2-4-12(5-3-10)16-8-6-11(7-9-16)13(14)15/h10-12H,2-9H2,1H3,(H3,14,15). The Kier molecular flexibility index (Phi) is 3.85. The van der Waals surface area contributed by atoms with Gasteiger partial charge < -0.3 is 10.6 Å². The number of amidine groups is 1. The topological polar surface area (TPSA) is 53.1 Å². The smallest absolute Gasteiger partial charge is 0.0937 e. The molecule has 0 aromatic rings. The van der Waals surface area contributed by atoms with Crippen LogP contribution in [0.1, 0.15) is 45.4 Å². The van der Waals surface area contributed by atoms with Crippen molar-refractivity contribution < 1.29 is 0 Å². The third-order valence-corrected chi connectivity index (χ3v) is 4.47. The van der Waals surface area contributed by atoms with Crippen LogP contribution in [0, 0.1) is 17.2 Å². The highest BCUT2D eigenvalue weighted by Gasteiger charge is 2.28. The van der Waals surface area contributed by atoms with E-state index in [0.717, 1.165) is 37.9 Å². The van der Waals surface area contributed by atoms with Gasteiger partial charge in [-0.25, -0.2) is 0 Å². The zero-order valence-corrected chi connectivity index (χ0v) is 10.4. The van der Waals surface area contributed by atoms with Gasteiger partial charge in [-0.05, 0) is 57.5 Å². The molecular formula is C13H25N3. The van der Waals surface area contributed by atoms with Crippen molar-refractivity contribution in [3.63, 3.8) is 0 Å². The SMILES string of the molecule is CC1CCC(N2CCC(C(=N)N)CC2)CC1. The minimum Gasteiger partial charge on any atom is -0.387 e. The van der Waals surface area contributed by atoms with Gasteiger partial charge in [-0.1, -0.05) is 6.92 Å². The molecule has 0 unspecified atom stereocenters. The third-order valence-electron chi connectivity index (χ3n) is 4.47. The van der Waals surface area contributed by atoms with Gasteiger partial charge in [-0.3, -0.25) is 5.41 Å². The van der Waals surface area contributed by atoms with Gasteiger partial charge in [0, 0.05) is 12.0 Å². The highest BCUT2D eigenvalue weighted by atomic mass is 15.2. The molecule has 1 saturated carbocycles. The minimum atomic E-state index is 0.360. The largest absolute Gasteiger partial charge is 0.387 e. The van der Waals surface area contributed by atoms with Gasteiger partial charge in [0.05, 0.1) is 5.84 Å². The van der Waals surface area contributed by atoms with Crippen molar-refractivity contribution in [3.05, 3.63) is 0 Å². The highest BCUT2D eigenvalue weighted by molar-refractivity contribution is 5.79. The molecule has 92 valence electrons. The molecule has 0 aromatic heterocycles. The van der Waals surface area contributed by atoms with Crippen molar-refractivity contribution in [1.82, 2.24) is 4.90 Å². The summed E-state index contributed by atoms with van der Waals surface area (Å²) in [5.74, 6) is 1.70. The summed E-state index contributed by atoms with van der Waals surface area (Å²) in [6.07, 6.45) is 7.76. The molecule has 1 saturated heterocycles. The zero-order valence-electron chi connectivity index (χ0n) is 10.4. The summed E-state index contributed by atoms with van der Waals surface area (Å²) in [6, 6.07) is 0.823. The Labute approximate surface area is 98.9 Å². The van der Waals surface area contributed by atoms with Crippen molar-refractivity contribution in [2.24, 2.45) is 17.6 Å². The molecule has 0 aromatic carbocycles. The Bertz CT molecular complexity index is 236. The maximum Gasteiger partial charge on any atom is 0.0937 e. The van der Waals surface area contributed by atoms with Gasteiger partial charge in [0.25, 0.3) is 0 Å². The van der Waals surface area contributed by atoms with Gasteiger partial charge in [0.2, 0.25) is 0 Å². The lowest BCUT2D eigenvalue weighted by atomic mass is 9.85. The van der Waals surface area contributed by atoms with Crippen LogP contribution in [0.4, 0.5) is 0 Å². The molecule has 0 spiro atoms. The molecule has 3 heteroatoms. The monoisotopic (exact) mass is 223 g/mol. The van der Waals surface area contributed by atoms with Crippen molar-refractivity contribution in [2.45, 2.75) is 51.5 Å². The second-order valence-electron chi connectivity index (χ2n) is 5.68. The molecule has 1 aliphatic carbocycles.